The number of hydrogen-bond acceptors (Lipinski definition) is 3. The summed E-state index contributed by atoms with van der Waals surface area (Å²) < 4.78 is 0. The lowest BCUT2D eigenvalue weighted by Gasteiger charge is -2.08. The molecule has 0 aliphatic heterocycles. The van der Waals surface area contributed by atoms with Gasteiger partial charge in [-0.1, -0.05) is 35.9 Å². The van der Waals surface area contributed by atoms with Crippen molar-refractivity contribution in [1.82, 2.24) is 9.97 Å². The summed E-state index contributed by atoms with van der Waals surface area (Å²) in [5.41, 5.74) is 3.42. The van der Waals surface area contributed by atoms with E-state index in [2.05, 4.69) is 39.6 Å². The van der Waals surface area contributed by atoms with Crippen molar-refractivity contribution >= 4 is 17.4 Å². The van der Waals surface area contributed by atoms with E-state index in [1.54, 1.807) is 12.4 Å². The molecule has 0 amide bonds. The zero-order valence-electron chi connectivity index (χ0n) is 11.3. The maximum absolute atomic E-state index is 6.08. The van der Waals surface area contributed by atoms with Crippen molar-refractivity contribution in [3.05, 3.63) is 77.7 Å². The lowest BCUT2D eigenvalue weighted by molar-refractivity contribution is 1.11. The number of hydrogen-bond donors (Lipinski definition) is 1. The Balaban J connectivity index is 1.77. The largest absolute Gasteiger partial charge is 0.365 e. The minimum absolute atomic E-state index is 0.626. The van der Waals surface area contributed by atoms with Crippen molar-refractivity contribution in [1.29, 1.82) is 0 Å². The van der Waals surface area contributed by atoms with Gasteiger partial charge in [0.25, 0.3) is 0 Å². The highest BCUT2D eigenvalue weighted by molar-refractivity contribution is 6.32. The normalized spacial score (nSPS) is 10.3. The van der Waals surface area contributed by atoms with E-state index in [1.165, 1.54) is 0 Å². The van der Waals surface area contributed by atoms with Crippen molar-refractivity contribution in [2.45, 2.75) is 6.54 Å². The van der Waals surface area contributed by atoms with Crippen molar-refractivity contribution < 1.29 is 0 Å². The van der Waals surface area contributed by atoms with Gasteiger partial charge in [0.15, 0.2) is 0 Å². The van der Waals surface area contributed by atoms with Crippen LogP contribution in [-0.4, -0.2) is 9.97 Å². The molecular weight excluding hydrogens is 282 g/mol. The van der Waals surface area contributed by atoms with Crippen LogP contribution in [0.5, 0.6) is 0 Å². The van der Waals surface area contributed by atoms with Crippen LogP contribution in [0, 0.1) is 0 Å². The van der Waals surface area contributed by atoms with Crippen LogP contribution in [0.4, 0.5) is 5.82 Å². The highest BCUT2D eigenvalue weighted by Crippen LogP contribution is 2.21. The summed E-state index contributed by atoms with van der Waals surface area (Å²) in [6, 6.07) is 16.0. The van der Waals surface area contributed by atoms with Gasteiger partial charge >= 0.3 is 0 Å². The Labute approximate surface area is 128 Å². The molecule has 3 aromatic rings. The summed E-state index contributed by atoms with van der Waals surface area (Å²) in [5, 5.41) is 3.88. The van der Waals surface area contributed by atoms with Gasteiger partial charge in [-0.05, 0) is 41.0 Å². The first kappa shape index (κ1) is 13.6. The minimum atomic E-state index is 0.626. The second kappa shape index (κ2) is 6.37. The van der Waals surface area contributed by atoms with Gasteiger partial charge in [-0.2, -0.15) is 0 Å². The molecule has 4 heteroatoms. The quantitative estimate of drug-likeness (QED) is 0.775. The molecule has 0 saturated heterocycles. The summed E-state index contributed by atoms with van der Waals surface area (Å²) in [6.07, 6.45) is 5.36. The van der Waals surface area contributed by atoms with Gasteiger partial charge in [0.1, 0.15) is 5.82 Å². The lowest BCUT2D eigenvalue weighted by atomic mass is 10.0. The Bertz CT molecular complexity index is 729. The average molecular weight is 296 g/mol. The summed E-state index contributed by atoms with van der Waals surface area (Å²) in [5.74, 6) is 0.700. The summed E-state index contributed by atoms with van der Waals surface area (Å²) >= 11 is 6.08. The molecule has 2 heterocycles. The molecule has 104 valence electrons. The van der Waals surface area contributed by atoms with E-state index in [-0.39, 0.29) is 0 Å². The van der Waals surface area contributed by atoms with E-state index in [0.717, 1.165) is 16.7 Å². The van der Waals surface area contributed by atoms with E-state index in [4.69, 9.17) is 11.6 Å². The second-order valence-corrected chi connectivity index (χ2v) is 5.04. The topological polar surface area (TPSA) is 37.8 Å². The Morgan fingerprint density at radius 3 is 2.62 bits per heavy atom. The first-order valence-corrected chi connectivity index (χ1v) is 7.04. The van der Waals surface area contributed by atoms with Crippen LogP contribution in [0.15, 0.2) is 67.1 Å². The molecule has 3 nitrogen and oxygen atoms in total. The number of aromatic nitrogens is 2. The zero-order valence-corrected chi connectivity index (χ0v) is 12.1. The molecule has 0 aliphatic rings. The van der Waals surface area contributed by atoms with Gasteiger partial charge in [0.2, 0.25) is 0 Å². The number of anilines is 1. The SMILES string of the molecule is Clc1cccnc1NCc1cccc(-c2cccnc2)c1. The molecule has 0 saturated carbocycles. The molecule has 0 aliphatic carbocycles. The van der Waals surface area contributed by atoms with Gasteiger partial charge in [-0.25, -0.2) is 4.98 Å². The first-order chi connectivity index (χ1) is 10.3. The fourth-order valence-electron chi connectivity index (χ4n) is 2.10. The van der Waals surface area contributed by atoms with E-state index in [0.29, 0.717) is 17.4 Å². The maximum Gasteiger partial charge on any atom is 0.145 e. The highest BCUT2D eigenvalue weighted by Gasteiger charge is 2.02. The van der Waals surface area contributed by atoms with Crippen molar-refractivity contribution in [3.8, 4) is 11.1 Å². The van der Waals surface area contributed by atoms with E-state index in [1.807, 2.05) is 30.5 Å². The lowest BCUT2D eigenvalue weighted by Crippen LogP contribution is -2.01. The molecule has 1 N–H and O–H groups in total. The Morgan fingerprint density at radius 2 is 1.81 bits per heavy atom. The molecule has 0 atom stereocenters. The number of nitrogens with zero attached hydrogens (tertiary/aromatic N) is 2. The van der Waals surface area contributed by atoms with E-state index < -0.39 is 0 Å². The van der Waals surface area contributed by atoms with E-state index in [9.17, 15) is 0 Å². The number of benzene rings is 1. The zero-order chi connectivity index (χ0) is 14.5. The van der Waals surface area contributed by atoms with Gasteiger partial charge in [0.05, 0.1) is 5.02 Å². The fraction of sp³-hybridized carbons (Fsp3) is 0.0588. The van der Waals surface area contributed by atoms with Crippen LogP contribution in [0.1, 0.15) is 5.56 Å². The third-order valence-electron chi connectivity index (χ3n) is 3.14. The number of pyridine rings is 2. The number of halogens is 1. The molecule has 0 bridgehead atoms. The predicted molar refractivity (Wildman–Crippen MR) is 86.2 cm³/mol. The molecule has 3 rings (SSSR count). The van der Waals surface area contributed by atoms with Gasteiger partial charge < -0.3 is 5.32 Å². The van der Waals surface area contributed by atoms with Crippen molar-refractivity contribution in [2.75, 3.05) is 5.32 Å². The average Bonchev–Trinajstić information content (AvgIpc) is 2.55. The van der Waals surface area contributed by atoms with Crippen LogP contribution in [0.2, 0.25) is 5.02 Å². The van der Waals surface area contributed by atoms with Gasteiger partial charge in [-0.15, -0.1) is 0 Å². The molecule has 2 aromatic heterocycles. The number of rotatable bonds is 4. The van der Waals surface area contributed by atoms with Crippen LogP contribution >= 0.6 is 11.6 Å². The van der Waals surface area contributed by atoms with Crippen LogP contribution in [0.25, 0.3) is 11.1 Å². The molecule has 0 radical (unpaired) electrons. The first-order valence-electron chi connectivity index (χ1n) is 6.67. The van der Waals surface area contributed by atoms with Crippen molar-refractivity contribution in [2.24, 2.45) is 0 Å². The molecule has 0 fully saturated rings. The molecule has 0 spiro atoms. The summed E-state index contributed by atoms with van der Waals surface area (Å²) in [6.45, 7) is 0.671. The predicted octanol–water partition coefficient (Wildman–Crippen LogP) is 4.41. The van der Waals surface area contributed by atoms with E-state index >= 15 is 0 Å². The third-order valence-corrected chi connectivity index (χ3v) is 3.45. The van der Waals surface area contributed by atoms with Gasteiger partial charge in [-0.3, -0.25) is 4.98 Å². The summed E-state index contributed by atoms with van der Waals surface area (Å²) in [4.78, 5) is 8.37. The monoisotopic (exact) mass is 295 g/mol. The Kier molecular flexibility index (Phi) is 4.12. The Hall–Kier alpha value is -2.39. The Morgan fingerprint density at radius 1 is 0.952 bits per heavy atom. The van der Waals surface area contributed by atoms with Crippen molar-refractivity contribution in [3.63, 3.8) is 0 Å². The second-order valence-electron chi connectivity index (χ2n) is 4.63. The van der Waals surface area contributed by atoms with Crippen LogP contribution in [0.3, 0.4) is 0 Å². The molecule has 1 aromatic carbocycles. The molecule has 0 unspecified atom stereocenters. The van der Waals surface area contributed by atoms with Gasteiger partial charge in [0, 0.05) is 25.1 Å². The highest BCUT2D eigenvalue weighted by atomic mass is 35.5. The molecule has 21 heavy (non-hydrogen) atoms. The standard InChI is InChI=1S/C17H14ClN3/c18-16-7-3-9-20-17(16)21-11-13-4-1-5-14(10-13)15-6-2-8-19-12-15/h1-10,12H,11H2,(H,20,21). The maximum atomic E-state index is 6.08. The third kappa shape index (κ3) is 3.38. The minimum Gasteiger partial charge on any atom is -0.365 e. The summed E-state index contributed by atoms with van der Waals surface area (Å²) in [7, 11) is 0. The fourth-order valence-corrected chi connectivity index (χ4v) is 2.28. The van der Waals surface area contributed by atoms with Crippen LogP contribution < -0.4 is 5.32 Å². The van der Waals surface area contributed by atoms with Crippen LogP contribution in [-0.2, 0) is 6.54 Å². The molecular formula is C17H14ClN3. The number of nitrogens with one attached hydrogen (secondary N) is 1. The smallest absolute Gasteiger partial charge is 0.145 e.